The highest BCUT2D eigenvalue weighted by Crippen LogP contribution is 2.58. The van der Waals surface area contributed by atoms with Crippen LogP contribution in [-0.4, -0.2) is 10.7 Å². The Morgan fingerprint density at radius 3 is 2.67 bits per heavy atom. The van der Waals surface area contributed by atoms with Gasteiger partial charge in [-0.2, -0.15) is 0 Å². The average Bonchev–Trinajstić information content (AvgIpc) is 3.75. The van der Waals surface area contributed by atoms with Crippen molar-refractivity contribution in [1.82, 2.24) is 4.57 Å². The van der Waals surface area contributed by atoms with Crippen molar-refractivity contribution < 1.29 is 9.13 Å². The van der Waals surface area contributed by atoms with Crippen LogP contribution in [0.3, 0.4) is 0 Å². The second-order valence-corrected chi connectivity index (χ2v) is 15.4. The van der Waals surface area contributed by atoms with E-state index in [1.165, 1.54) is 70.1 Å². The van der Waals surface area contributed by atoms with Crippen LogP contribution in [0.4, 0.5) is 10.1 Å². The number of halogens is 1. The summed E-state index contributed by atoms with van der Waals surface area (Å²) in [7, 11) is 0. The van der Waals surface area contributed by atoms with Gasteiger partial charge in [-0.3, -0.25) is 0 Å². The molecule has 10 rings (SSSR count). The number of para-hydroxylation sites is 1. The number of aromatic nitrogens is 1. The van der Waals surface area contributed by atoms with E-state index in [2.05, 4.69) is 108 Å². The molecule has 7 aliphatic rings. The number of ether oxygens (including phenoxy) is 1. The molecule has 0 saturated carbocycles. The van der Waals surface area contributed by atoms with Crippen LogP contribution in [0, 0.1) is 17.3 Å². The fourth-order valence-electron chi connectivity index (χ4n) is 10.2. The smallest absolute Gasteiger partial charge is 0.129 e. The lowest BCUT2D eigenvalue weighted by Gasteiger charge is -2.38. The molecule has 3 unspecified atom stereocenters. The van der Waals surface area contributed by atoms with Crippen LogP contribution in [0.25, 0.3) is 27.5 Å². The Labute approximate surface area is 288 Å². The molecule has 0 bridgehead atoms. The van der Waals surface area contributed by atoms with Gasteiger partial charge in [-0.05, 0) is 118 Å². The van der Waals surface area contributed by atoms with Crippen molar-refractivity contribution in [3.8, 4) is 0 Å². The largest absolute Gasteiger partial charge is 0.485 e. The highest BCUT2D eigenvalue weighted by molar-refractivity contribution is 6.11. The van der Waals surface area contributed by atoms with Gasteiger partial charge in [-0.25, -0.2) is 4.39 Å². The van der Waals surface area contributed by atoms with Crippen LogP contribution >= 0.6 is 0 Å². The van der Waals surface area contributed by atoms with Crippen LogP contribution < -0.4 is 4.90 Å². The average molecular weight is 647 g/mol. The maximum absolute atomic E-state index is 14.1. The maximum atomic E-state index is 14.1. The van der Waals surface area contributed by atoms with Crippen LogP contribution in [0.5, 0.6) is 0 Å². The zero-order valence-corrected chi connectivity index (χ0v) is 28.5. The fourth-order valence-corrected chi connectivity index (χ4v) is 10.2. The van der Waals surface area contributed by atoms with Crippen LogP contribution in [0.15, 0.2) is 142 Å². The van der Waals surface area contributed by atoms with Crippen molar-refractivity contribution in [1.29, 1.82) is 0 Å². The summed E-state index contributed by atoms with van der Waals surface area (Å²) in [5.41, 5.74) is 13.8. The Kier molecular flexibility index (Phi) is 6.57. The normalized spacial score (nSPS) is 26.8. The van der Waals surface area contributed by atoms with E-state index in [9.17, 15) is 4.39 Å². The molecule has 0 N–H and O–H groups in total. The molecule has 0 amide bonds. The Bertz CT molecular complexity index is 2240. The second kappa shape index (κ2) is 11.0. The van der Waals surface area contributed by atoms with Crippen molar-refractivity contribution in [2.24, 2.45) is 17.3 Å². The molecule has 2 aromatic carbocycles. The lowest BCUT2D eigenvalue weighted by molar-refractivity contribution is 0.169. The summed E-state index contributed by atoms with van der Waals surface area (Å²) in [5.74, 6) is 1.74. The first-order valence-corrected chi connectivity index (χ1v) is 18.5. The van der Waals surface area contributed by atoms with Gasteiger partial charge in [0.15, 0.2) is 0 Å². The van der Waals surface area contributed by atoms with Gasteiger partial charge in [0.05, 0.1) is 17.0 Å². The number of hydrogen-bond donors (Lipinski definition) is 0. The summed E-state index contributed by atoms with van der Waals surface area (Å²) >= 11 is 0. The Morgan fingerprint density at radius 2 is 1.78 bits per heavy atom. The van der Waals surface area contributed by atoms with Crippen LogP contribution in [0.2, 0.25) is 0 Å². The van der Waals surface area contributed by atoms with Gasteiger partial charge in [0.1, 0.15) is 17.7 Å². The third-order valence-corrected chi connectivity index (χ3v) is 12.5. The number of fused-ring (bicyclic) bond motifs is 7. The van der Waals surface area contributed by atoms with Gasteiger partial charge >= 0.3 is 0 Å². The van der Waals surface area contributed by atoms with E-state index in [-0.39, 0.29) is 23.3 Å². The predicted octanol–water partition coefficient (Wildman–Crippen LogP) is 11.9. The summed E-state index contributed by atoms with van der Waals surface area (Å²) in [6, 6.07) is 15.7. The minimum atomic E-state index is -0.0446. The Morgan fingerprint density at radius 1 is 0.898 bits per heavy atom. The first-order chi connectivity index (χ1) is 24.0. The molecule has 49 heavy (non-hydrogen) atoms. The fraction of sp³-hybridized carbons (Fsp3) is 0.333. The summed E-state index contributed by atoms with van der Waals surface area (Å²) in [5, 5.41) is 2.45. The van der Waals surface area contributed by atoms with Gasteiger partial charge < -0.3 is 14.2 Å². The molecular formula is C45H43FN2O. The van der Waals surface area contributed by atoms with E-state index < -0.39 is 0 Å². The molecule has 2 heterocycles. The van der Waals surface area contributed by atoms with Crippen LogP contribution in [0.1, 0.15) is 71.6 Å². The number of rotatable bonds is 4. The third-order valence-electron chi connectivity index (χ3n) is 12.5. The van der Waals surface area contributed by atoms with Crippen molar-refractivity contribution in [2.45, 2.75) is 77.7 Å². The first-order valence-electron chi connectivity index (χ1n) is 18.5. The molecule has 1 aromatic heterocycles. The molecule has 3 aromatic rings. The van der Waals surface area contributed by atoms with Gasteiger partial charge in [0.2, 0.25) is 0 Å². The lowest BCUT2D eigenvalue weighted by Crippen LogP contribution is -2.34. The van der Waals surface area contributed by atoms with E-state index in [0.29, 0.717) is 18.8 Å². The van der Waals surface area contributed by atoms with E-state index in [4.69, 9.17) is 4.74 Å². The molecule has 1 aliphatic heterocycles. The third kappa shape index (κ3) is 4.38. The number of allylic oxidation sites excluding steroid dienone is 13. The van der Waals surface area contributed by atoms with Crippen LogP contribution in [-0.2, 0) is 4.74 Å². The minimum absolute atomic E-state index is 0.00841. The predicted molar refractivity (Wildman–Crippen MR) is 199 cm³/mol. The molecule has 3 atom stereocenters. The minimum Gasteiger partial charge on any atom is -0.485 e. The highest BCUT2D eigenvalue weighted by atomic mass is 19.1. The quantitative estimate of drug-likeness (QED) is 0.263. The van der Waals surface area contributed by atoms with E-state index in [1.807, 2.05) is 6.08 Å². The van der Waals surface area contributed by atoms with E-state index in [0.717, 1.165) is 30.7 Å². The summed E-state index contributed by atoms with van der Waals surface area (Å²) in [6.07, 6.45) is 29.4. The summed E-state index contributed by atoms with van der Waals surface area (Å²) in [6.45, 7) is 4.95. The molecule has 0 radical (unpaired) electrons. The van der Waals surface area contributed by atoms with Crippen molar-refractivity contribution in [3.05, 3.63) is 142 Å². The standard InChI is InChI=1S/C45H43FN2O/c1-45(2)37-13-6-3-10-32(37)33-24-22-31(27-38(33)45)47(41-15-9-17-43-44(41)35-12-5-8-16-42(35)49-43)30-23-25-40-36(26-30)34-11-4-7-14-39(34)48(40)29-20-18-28(46)19-21-29/h4,7-9,11,14-18,20,22-23,25-27,33,43-44H,3,5-6,10,12-13,19,21,24H2,1-2H3. The molecule has 6 aliphatic carbocycles. The van der Waals surface area contributed by atoms with Crippen molar-refractivity contribution in [2.75, 3.05) is 4.90 Å². The molecule has 0 fully saturated rings. The zero-order valence-electron chi connectivity index (χ0n) is 28.5. The highest BCUT2D eigenvalue weighted by Gasteiger charge is 2.46. The van der Waals surface area contributed by atoms with Crippen molar-refractivity contribution in [3.63, 3.8) is 0 Å². The molecule has 4 heteroatoms. The van der Waals surface area contributed by atoms with Gasteiger partial charge in [-0.1, -0.05) is 67.0 Å². The Hall–Kier alpha value is -4.57. The Balaban J connectivity index is 1.16. The van der Waals surface area contributed by atoms with E-state index >= 15 is 0 Å². The summed E-state index contributed by atoms with van der Waals surface area (Å²) in [4.78, 5) is 2.57. The maximum Gasteiger partial charge on any atom is 0.129 e. The van der Waals surface area contributed by atoms with Gasteiger partial charge in [0, 0.05) is 51.3 Å². The first kappa shape index (κ1) is 29.4. The van der Waals surface area contributed by atoms with Crippen molar-refractivity contribution >= 4 is 33.2 Å². The van der Waals surface area contributed by atoms with Gasteiger partial charge in [0.25, 0.3) is 0 Å². The number of hydrogen-bond acceptors (Lipinski definition) is 2. The lowest BCUT2D eigenvalue weighted by atomic mass is 9.75. The molecule has 246 valence electrons. The number of nitrogens with zero attached hydrogens (tertiary/aromatic N) is 2. The SMILES string of the molecule is CC1(C)C2=CC(N(C3=CC=CC4OC5=C(CCC=C5)C34)c3ccc4c(c3)c3ccccc3n4C3=CC=C(F)CC3)=CCC2C2=C1CCCC2. The molecular weight excluding hydrogens is 604 g/mol. The van der Waals surface area contributed by atoms with E-state index in [1.54, 1.807) is 22.8 Å². The number of benzene rings is 2. The molecule has 0 saturated heterocycles. The number of anilines is 1. The zero-order chi connectivity index (χ0) is 32.9. The second-order valence-electron chi connectivity index (χ2n) is 15.4. The molecule has 3 nitrogen and oxygen atoms in total. The summed E-state index contributed by atoms with van der Waals surface area (Å²) < 4.78 is 23.0. The molecule has 0 spiro atoms. The monoisotopic (exact) mass is 646 g/mol. The van der Waals surface area contributed by atoms with Gasteiger partial charge in [-0.15, -0.1) is 0 Å². The topological polar surface area (TPSA) is 17.4 Å².